The lowest BCUT2D eigenvalue weighted by molar-refractivity contribution is -0.166. The van der Waals surface area contributed by atoms with Crippen LogP contribution in [0.1, 0.15) is 34.6 Å². The maximum absolute atomic E-state index is 14.8. The number of benzene rings is 3. The average molecular weight is 504 g/mol. The lowest BCUT2D eigenvalue weighted by Gasteiger charge is -2.33. The monoisotopic (exact) mass is 503 g/mol. The lowest BCUT2D eigenvalue weighted by Crippen LogP contribution is -2.47. The van der Waals surface area contributed by atoms with Gasteiger partial charge in [-0.3, -0.25) is 4.31 Å². The zero-order valence-corrected chi connectivity index (χ0v) is 19.8. The highest BCUT2D eigenvalue weighted by Crippen LogP contribution is 2.55. The molecule has 34 heavy (non-hydrogen) atoms. The molecule has 1 aliphatic heterocycles. The van der Waals surface area contributed by atoms with Crippen LogP contribution in [0.15, 0.2) is 83.3 Å². The zero-order chi connectivity index (χ0) is 24.3. The Hall–Kier alpha value is -2.77. The van der Waals surface area contributed by atoms with Crippen molar-refractivity contribution in [1.82, 2.24) is 4.31 Å². The van der Waals surface area contributed by atoms with Gasteiger partial charge < -0.3 is 0 Å². The Labute approximate surface area is 201 Å². The molecule has 5 rings (SSSR count). The van der Waals surface area contributed by atoms with Gasteiger partial charge in [-0.05, 0) is 60.7 Å². The highest BCUT2D eigenvalue weighted by molar-refractivity contribution is 7.89. The topological polar surface area (TPSA) is 37.4 Å². The normalized spacial score (nSPS) is 20.3. The molecule has 0 saturated heterocycles. The van der Waals surface area contributed by atoms with Gasteiger partial charge in [-0.1, -0.05) is 65.7 Å². The Balaban J connectivity index is 1.80. The van der Waals surface area contributed by atoms with E-state index in [9.17, 15) is 21.6 Å². The van der Waals surface area contributed by atoms with Crippen LogP contribution in [0.5, 0.6) is 0 Å². The summed E-state index contributed by atoms with van der Waals surface area (Å²) in [6.07, 6.45) is -3.93. The molecule has 0 unspecified atom stereocenters. The van der Waals surface area contributed by atoms with Gasteiger partial charge in [0.05, 0.1) is 10.6 Å². The van der Waals surface area contributed by atoms with Crippen molar-refractivity contribution in [3.8, 4) is 0 Å². The molecule has 0 spiro atoms. The number of alkyl halides is 3. The number of rotatable bonds is 3. The van der Waals surface area contributed by atoms with Gasteiger partial charge in [-0.25, -0.2) is 8.42 Å². The van der Waals surface area contributed by atoms with Crippen LogP contribution in [-0.4, -0.2) is 24.9 Å². The van der Waals surface area contributed by atoms with E-state index in [1.54, 1.807) is 55.5 Å². The van der Waals surface area contributed by atoms with E-state index in [0.29, 0.717) is 38.9 Å². The van der Waals surface area contributed by atoms with Crippen LogP contribution in [0.3, 0.4) is 0 Å². The standard InChI is InChI=1S/C26H21ClF3NO2S/c1-16-6-13-20(14-7-16)34(32,33)31-24-21-5-3-2-4-17(21)10-15-22(24)23(25(31)26(28,29)30)18-8-11-19(27)12-9-18/h2-9,11-14,23,25H,10,15H2,1H3/t23-,25-/m0/s1. The summed E-state index contributed by atoms with van der Waals surface area (Å²) >= 11 is 6.00. The van der Waals surface area contributed by atoms with Gasteiger partial charge in [0.15, 0.2) is 6.04 Å². The van der Waals surface area contributed by atoms with Gasteiger partial charge >= 0.3 is 6.18 Å². The lowest BCUT2D eigenvalue weighted by atomic mass is 9.80. The fourth-order valence-electron chi connectivity index (χ4n) is 5.03. The van der Waals surface area contributed by atoms with Crippen molar-refractivity contribution < 1.29 is 21.6 Å². The maximum atomic E-state index is 14.8. The summed E-state index contributed by atoms with van der Waals surface area (Å²) in [6.45, 7) is 1.79. The first-order valence-electron chi connectivity index (χ1n) is 10.8. The number of aryl methyl sites for hydroxylation is 2. The second-order valence-electron chi connectivity index (χ2n) is 8.66. The number of sulfonamides is 1. The third-order valence-corrected chi connectivity index (χ3v) is 8.59. The van der Waals surface area contributed by atoms with E-state index < -0.39 is 28.2 Å². The van der Waals surface area contributed by atoms with Crippen LogP contribution >= 0.6 is 11.6 Å². The largest absolute Gasteiger partial charge is 0.410 e. The fraction of sp³-hybridized carbons (Fsp3) is 0.231. The number of halogens is 4. The van der Waals surface area contributed by atoms with E-state index in [1.807, 2.05) is 12.1 Å². The van der Waals surface area contributed by atoms with E-state index in [4.69, 9.17) is 11.6 Å². The average Bonchev–Trinajstić information content (AvgIpc) is 3.17. The minimum Gasteiger partial charge on any atom is -0.253 e. The molecule has 0 radical (unpaired) electrons. The molecule has 3 aromatic rings. The molecule has 3 nitrogen and oxygen atoms in total. The van der Waals surface area contributed by atoms with E-state index in [1.165, 1.54) is 12.1 Å². The van der Waals surface area contributed by atoms with Crippen molar-refractivity contribution >= 4 is 27.3 Å². The third kappa shape index (κ3) is 3.71. The van der Waals surface area contributed by atoms with Crippen LogP contribution in [0, 0.1) is 6.92 Å². The predicted octanol–water partition coefficient (Wildman–Crippen LogP) is 6.72. The van der Waals surface area contributed by atoms with Crippen LogP contribution in [-0.2, 0) is 16.4 Å². The summed E-state index contributed by atoms with van der Waals surface area (Å²) in [5, 5.41) is 0.401. The van der Waals surface area contributed by atoms with Crippen molar-refractivity contribution in [1.29, 1.82) is 0 Å². The Morgan fingerprint density at radius 3 is 2.21 bits per heavy atom. The molecular weight excluding hydrogens is 483 g/mol. The van der Waals surface area contributed by atoms with Gasteiger partial charge in [0.1, 0.15) is 0 Å². The molecule has 0 saturated carbocycles. The van der Waals surface area contributed by atoms with Crippen molar-refractivity contribution in [2.24, 2.45) is 0 Å². The highest BCUT2D eigenvalue weighted by Gasteiger charge is 2.59. The van der Waals surface area contributed by atoms with Gasteiger partial charge in [0, 0.05) is 16.5 Å². The second kappa shape index (κ2) is 8.17. The third-order valence-electron chi connectivity index (χ3n) is 6.55. The molecule has 0 aromatic heterocycles. The Morgan fingerprint density at radius 2 is 1.56 bits per heavy atom. The molecule has 0 fully saturated rings. The number of nitrogens with zero attached hydrogens (tertiary/aromatic N) is 1. The zero-order valence-electron chi connectivity index (χ0n) is 18.2. The molecule has 8 heteroatoms. The van der Waals surface area contributed by atoms with Crippen molar-refractivity contribution in [3.63, 3.8) is 0 Å². The molecule has 176 valence electrons. The van der Waals surface area contributed by atoms with Crippen LogP contribution in [0.25, 0.3) is 5.70 Å². The van der Waals surface area contributed by atoms with Crippen molar-refractivity contribution in [2.45, 2.75) is 42.8 Å². The number of fused-ring (bicyclic) bond motifs is 2. The van der Waals surface area contributed by atoms with Crippen LogP contribution < -0.4 is 0 Å². The Kier molecular flexibility index (Phi) is 5.52. The minimum atomic E-state index is -4.81. The van der Waals surface area contributed by atoms with Gasteiger partial charge in [-0.15, -0.1) is 0 Å². The van der Waals surface area contributed by atoms with Crippen molar-refractivity contribution in [3.05, 3.63) is 106 Å². The second-order valence-corrected chi connectivity index (χ2v) is 10.9. The summed E-state index contributed by atoms with van der Waals surface area (Å²) in [5.41, 5.74) is 3.20. The summed E-state index contributed by atoms with van der Waals surface area (Å²) in [5.74, 6) is -1.17. The van der Waals surface area contributed by atoms with Gasteiger partial charge in [0.2, 0.25) is 0 Å². The maximum Gasteiger partial charge on any atom is 0.410 e. The minimum absolute atomic E-state index is 0.143. The molecule has 0 amide bonds. The van der Waals surface area contributed by atoms with E-state index in [2.05, 4.69) is 0 Å². The molecule has 1 aliphatic carbocycles. The van der Waals surface area contributed by atoms with Crippen molar-refractivity contribution in [2.75, 3.05) is 0 Å². The molecule has 1 heterocycles. The van der Waals surface area contributed by atoms with Crippen LogP contribution in [0.4, 0.5) is 13.2 Å². The summed E-state index contributed by atoms with van der Waals surface area (Å²) in [7, 11) is -4.52. The summed E-state index contributed by atoms with van der Waals surface area (Å²) in [4.78, 5) is -0.168. The van der Waals surface area contributed by atoms with Crippen LogP contribution in [0.2, 0.25) is 5.02 Å². The molecule has 2 aliphatic rings. The van der Waals surface area contributed by atoms with E-state index in [0.717, 1.165) is 11.1 Å². The molecule has 2 atom stereocenters. The molecule has 0 bridgehead atoms. The molecule has 3 aromatic carbocycles. The van der Waals surface area contributed by atoms with Gasteiger partial charge in [0.25, 0.3) is 10.0 Å². The summed E-state index contributed by atoms with van der Waals surface area (Å²) in [6, 6.07) is 16.9. The Bertz CT molecular complexity index is 1380. The Morgan fingerprint density at radius 1 is 0.912 bits per heavy atom. The number of hydrogen-bond acceptors (Lipinski definition) is 2. The quantitative estimate of drug-likeness (QED) is 0.397. The molecule has 0 N–H and O–H groups in total. The SMILES string of the molecule is Cc1ccc(S(=O)(=O)N2C3=C(CCc4ccccc43)[C@H](c3ccc(Cl)cc3)[C@H]2C(F)(F)F)cc1. The first kappa shape index (κ1) is 23.0. The fourth-order valence-corrected chi connectivity index (χ4v) is 6.86. The van der Waals surface area contributed by atoms with E-state index >= 15 is 0 Å². The summed E-state index contributed by atoms with van der Waals surface area (Å²) < 4.78 is 72.7. The number of hydrogen-bond donors (Lipinski definition) is 0. The van der Waals surface area contributed by atoms with Gasteiger partial charge in [-0.2, -0.15) is 13.2 Å². The molecular formula is C26H21ClF3NO2S. The van der Waals surface area contributed by atoms with E-state index in [-0.39, 0.29) is 10.6 Å². The highest BCUT2D eigenvalue weighted by atomic mass is 35.5. The first-order chi connectivity index (χ1) is 16.1. The predicted molar refractivity (Wildman–Crippen MR) is 126 cm³/mol. The smallest absolute Gasteiger partial charge is 0.253 e. The first-order valence-corrected chi connectivity index (χ1v) is 12.7.